The first kappa shape index (κ1) is 17.7. The molecule has 3 aromatic rings. The Bertz CT molecular complexity index is 863. The smallest absolute Gasteiger partial charge is 0.345 e. The highest BCUT2D eigenvalue weighted by molar-refractivity contribution is 5.73. The third-order valence-electron chi connectivity index (χ3n) is 4.22. The zero-order valence-corrected chi connectivity index (χ0v) is 15.0. The number of carbonyl (C=O) groups is 1. The largest absolute Gasteiger partial charge is 0.478 e. The van der Waals surface area contributed by atoms with E-state index in [0.29, 0.717) is 12.2 Å². The lowest BCUT2D eigenvalue weighted by Crippen LogP contribution is -2.29. The third-order valence-corrected chi connectivity index (χ3v) is 4.22. The van der Waals surface area contributed by atoms with Crippen LogP contribution in [0, 0.1) is 13.8 Å². The van der Waals surface area contributed by atoms with Gasteiger partial charge in [-0.15, -0.1) is 0 Å². The molecule has 0 aliphatic carbocycles. The summed E-state index contributed by atoms with van der Waals surface area (Å²) in [6.07, 6.45) is -0.586. The molecule has 0 aromatic heterocycles. The molecule has 26 heavy (non-hydrogen) atoms. The number of rotatable bonds is 6. The van der Waals surface area contributed by atoms with E-state index in [9.17, 15) is 9.90 Å². The molecule has 0 amide bonds. The highest BCUT2D eigenvalue weighted by Gasteiger charge is 2.20. The number of carboxylic acid groups (broad SMARTS) is 1. The highest BCUT2D eigenvalue weighted by Crippen LogP contribution is 2.23. The zero-order valence-electron chi connectivity index (χ0n) is 15.0. The van der Waals surface area contributed by atoms with Gasteiger partial charge in [0.2, 0.25) is 0 Å². The molecule has 0 bridgehead atoms. The number of aliphatic carboxylic acids is 1. The molecule has 3 nitrogen and oxygen atoms in total. The van der Waals surface area contributed by atoms with Gasteiger partial charge in [0, 0.05) is 6.42 Å². The predicted octanol–water partition coefficient (Wildman–Crippen LogP) is 5.05. The minimum atomic E-state index is -0.962. The number of carboxylic acids is 1. The van der Waals surface area contributed by atoms with Crippen molar-refractivity contribution in [1.82, 2.24) is 0 Å². The van der Waals surface area contributed by atoms with Gasteiger partial charge in [-0.2, -0.15) is 0 Å². The summed E-state index contributed by atoms with van der Waals surface area (Å²) in [4.78, 5) is 11.6. The second-order valence-corrected chi connectivity index (χ2v) is 6.54. The van der Waals surface area contributed by atoms with E-state index in [0.717, 1.165) is 27.8 Å². The molecule has 1 unspecified atom stereocenters. The molecular weight excluding hydrogens is 324 g/mol. The molecule has 3 rings (SSSR count). The molecule has 0 spiro atoms. The molecule has 1 N–H and O–H groups in total. The molecule has 0 radical (unpaired) electrons. The molecule has 0 aliphatic rings. The number of benzene rings is 3. The van der Waals surface area contributed by atoms with Crippen molar-refractivity contribution in [2.24, 2.45) is 0 Å². The first-order chi connectivity index (χ1) is 12.5. The Balaban J connectivity index is 1.75. The summed E-state index contributed by atoms with van der Waals surface area (Å²) in [5.41, 5.74) is 5.40. The van der Waals surface area contributed by atoms with Crippen LogP contribution in [0.1, 0.15) is 16.7 Å². The van der Waals surface area contributed by atoms with Gasteiger partial charge in [0.15, 0.2) is 6.10 Å². The molecule has 0 fully saturated rings. The Hall–Kier alpha value is -3.07. The summed E-state index contributed by atoms with van der Waals surface area (Å²) in [6.45, 7) is 4.02. The third kappa shape index (κ3) is 4.51. The summed E-state index contributed by atoms with van der Waals surface area (Å²) >= 11 is 0. The van der Waals surface area contributed by atoms with Crippen molar-refractivity contribution in [2.45, 2.75) is 26.4 Å². The first-order valence-corrected chi connectivity index (χ1v) is 8.63. The van der Waals surface area contributed by atoms with Crippen LogP contribution in [-0.4, -0.2) is 17.2 Å². The molecule has 0 saturated carbocycles. The van der Waals surface area contributed by atoms with E-state index in [1.165, 1.54) is 0 Å². The zero-order chi connectivity index (χ0) is 18.5. The fourth-order valence-electron chi connectivity index (χ4n) is 3.10. The lowest BCUT2D eigenvalue weighted by Gasteiger charge is -2.16. The predicted molar refractivity (Wildman–Crippen MR) is 104 cm³/mol. The van der Waals surface area contributed by atoms with Gasteiger partial charge >= 0.3 is 5.97 Å². The normalized spacial score (nSPS) is 11.8. The second kappa shape index (κ2) is 7.87. The Morgan fingerprint density at radius 2 is 1.46 bits per heavy atom. The second-order valence-electron chi connectivity index (χ2n) is 6.54. The standard InChI is InChI=1S/C23H22O3/c1-16-12-17(2)14-18(13-16)15-22(23(24)25)26-21-10-8-20(9-11-21)19-6-4-3-5-7-19/h3-14,22H,15H2,1-2H3,(H,24,25). The van der Waals surface area contributed by atoms with Crippen LogP contribution in [0.3, 0.4) is 0 Å². The van der Waals surface area contributed by atoms with Crippen LogP contribution >= 0.6 is 0 Å². The quantitative estimate of drug-likeness (QED) is 0.680. The molecule has 3 heteroatoms. The van der Waals surface area contributed by atoms with Crippen molar-refractivity contribution in [3.8, 4) is 16.9 Å². The summed E-state index contributed by atoms with van der Waals surface area (Å²) in [5, 5.41) is 9.54. The summed E-state index contributed by atoms with van der Waals surface area (Å²) in [5.74, 6) is -0.405. The average Bonchev–Trinajstić information content (AvgIpc) is 2.61. The van der Waals surface area contributed by atoms with E-state index in [-0.39, 0.29) is 0 Å². The number of hydrogen-bond acceptors (Lipinski definition) is 2. The SMILES string of the molecule is Cc1cc(C)cc(CC(Oc2ccc(-c3ccccc3)cc2)C(=O)O)c1. The Kier molecular flexibility index (Phi) is 5.37. The van der Waals surface area contributed by atoms with Gasteiger partial charge in [-0.05, 0) is 42.7 Å². The van der Waals surface area contributed by atoms with Gasteiger partial charge in [0.05, 0.1) is 0 Å². The van der Waals surface area contributed by atoms with E-state index in [1.807, 2.05) is 80.6 Å². The molecule has 3 aromatic carbocycles. The Labute approximate surface area is 153 Å². The molecule has 1 atom stereocenters. The number of aryl methyl sites for hydroxylation is 2. The number of hydrogen-bond donors (Lipinski definition) is 1. The lowest BCUT2D eigenvalue weighted by molar-refractivity contribution is -0.145. The van der Waals surface area contributed by atoms with Gasteiger partial charge in [0.1, 0.15) is 5.75 Å². The van der Waals surface area contributed by atoms with Gasteiger partial charge in [-0.1, -0.05) is 71.8 Å². The van der Waals surface area contributed by atoms with Crippen molar-refractivity contribution in [2.75, 3.05) is 0 Å². The van der Waals surface area contributed by atoms with E-state index in [4.69, 9.17) is 4.74 Å². The van der Waals surface area contributed by atoms with Crippen LogP contribution in [0.15, 0.2) is 72.8 Å². The molecule has 132 valence electrons. The van der Waals surface area contributed by atoms with Gasteiger partial charge in [-0.3, -0.25) is 0 Å². The van der Waals surface area contributed by atoms with Crippen molar-refractivity contribution in [3.63, 3.8) is 0 Å². The Morgan fingerprint density at radius 3 is 2.04 bits per heavy atom. The van der Waals surface area contributed by atoms with E-state index in [2.05, 4.69) is 6.07 Å². The van der Waals surface area contributed by atoms with E-state index in [1.54, 1.807) is 0 Å². The lowest BCUT2D eigenvalue weighted by atomic mass is 10.0. The minimum absolute atomic E-state index is 0.332. The van der Waals surface area contributed by atoms with Gasteiger partial charge < -0.3 is 9.84 Å². The topological polar surface area (TPSA) is 46.5 Å². The fourth-order valence-corrected chi connectivity index (χ4v) is 3.10. The summed E-state index contributed by atoms with van der Waals surface area (Å²) < 4.78 is 5.75. The van der Waals surface area contributed by atoms with Crippen LogP contribution in [0.2, 0.25) is 0 Å². The van der Waals surface area contributed by atoms with Crippen LogP contribution in [0.5, 0.6) is 5.75 Å². The summed E-state index contributed by atoms with van der Waals surface area (Å²) in [7, 11) is 0. The Morgan fingerprint density at radius 1 is 0.885 bits per heavy atom. The molecule has 0 aliphatic heterocycles. The van der Waals surface area contributed by atoms with E-state index >= 15 is 0 Å². The minimum Gasteiger partial charge on any atom is -0.478 e. The van der Waals surface area contributed by atoms with E-state index < -0.39 is 12.1 Å². The fraction of sp³-hybridized carbons (Fsp3) is 0.174. The maximum atomic E-state index is 11.6. The van der Waals surface area contributed by atoms with Crippen LogP contribution in [-0.2, 0) is 11.2 Å². The molecular formula is C23H22O3. The van der Waals surface area contributed by atoms with Crippen LogP contribution in [0.4, 0.5) is 0 Å². The maximum absolute atomic E-state index is 11.6. The maximum Gasteiger partial charge on any atom is 0.345 e. The average molecular weight is 346 g/mol. The monoisotopic (exact) mass is 346 g/mol. The van der Waals surface area contributed by atoms with Crippen LogP contribution in [0.25, 0.3) is 11.1 Å². The van der Waals surface area contributed by atoms with Crippen molar-refractivity contribution in [1.29, 1.82) is 0 Å². The van der Waals surface area contributed by atoms with Crippen LogP contribution < -0.4 is 4.74 Å². The number of ether oxygens (including phenoxy) is 1. The summed E-state index contributed by atoms with van der Waals surface area (Å²) in [6, 6.07) is 23.6. The highest BCUT2D eigenvalue weighted by atomic mass is 16.5. The van der Waals surface area contributed by atoms with Gasteiger partial charge in [0.25, 0.3) is 0 Å². The van der Waals surface area contributed by atoms with Crippen molar-refractivity contribution in [3.05, 3.63) is 89.5 Å². The van der Waals surface area contributed by atoms with Crippen molar-refractivity contribution < 1.29 is 14.6 Å². The first-order valence-electron chi connectivity index (χ1n) is 8.63. The molecule has 0 saturated heterocycles. The van der Waals surface area contributed by atoms with Crippen molar-refractivity contribution >= 4 is 5.97 Å². The van der Waals surface area contributed by atoms with Gasteiger partial charge in [-0.25, -0.2) is 4.79 Å². The molecule has 0 heterocycles.